The van der Waals surface area contributed by atoms with Crippen molar-refractivity contribution in [2.24, 2.45) is 5.73 Å². The van der Waals surface area contributed by atoms with Crippen molar-refractivity contribution >= 4 is 0 Å². The molecule has 1 atom stereocenters. The first-order valence-electron chi connectivity index (χ1n) is 6.54. The molecule has 5 nitrogen and oxygen atoms in total. The van der Waals surface area contributed by atoms with Gasteiger partial charge in [-0.05, 0) is 31.5 Å². The Morgan fingerprint density at radius 2 is 2.16 bits per heavy atom. The second-order valence-electron chi connectivity index (χ2n) is 4.52. The lowest BCUT2D eigenvalue weighted by atomic mass is 10.3. The molecule has 5 heteroatoms. The van der Waals surface area contributed by atoms with E-state index in [0.29, 0.717) is 19.2 Å². The molecule has 2 N–H and O–H groups in total. The predicted molar refractivity (Wildman–Crippen MR) is 73.7 cm³/mol. The first kappa shape index (κ1) is 13.5. The van der Waals surface area contributed by atoms with Crippen LogP contribution < -0.4 is 10.5 Å². The standard InChI is InChI=1S/C14H20N4O/c1-3-11(2)18-7-6-13(17-18)10-19-14-5-4-12(8-15)16-9-14/h4-7,9,11H,3,8,10,15H2,1-2H3. The Bertz CT molecular complexity index is 506. The molecule has 0 fully saturated rings. The van der Waals surface area contributed by atoms with Gasteiger partial charge in [0.15, 0.2) is 0 Å². The zero-order chi connectivity index (χ0) is 13.7. The Labute approximate surface area is 113 Å². The Balaban J connectivity index is 1.92. The van der Waals surface area contributed by atoms with Gasteiger partial charge in [0.1, 0.15) is 12.4 Å². The molecule has 0 aromatic carbocycles. The average Bonchev–Trinajstić information content (AvgIpc) is 2.93. The van der Waals surface area contributed by atoms with E-state index in [1.807, 2.05) is 29.1 Å². The highest BCUT2D eigenvalue weighted by atomic mass is 16.5. The first-order chi connectivity index (χ1) is 9.22. The molecule has 0 bridgehead atoms. The summed E-state index contributed by atoms with van der Waals surface area (Å²) >= 11 is 0. The van der Waals surface area contributed by atoms with Gasteiger partial charge in [0.2, 0.25) is 0 Å². The van der Waals surface area contributed by atoms with Crippen LogP contribution in [0, 0.1) is 0 Å². The molecule has 19 heavy (non-hydrogen) atoms. The molecule has 0 amide bonds. The summed E-state index contributed by atoms with van der Waals surface area (Å²) in [6.07, 6.45) is 4.74. The van der Waals surface area contributed by atoms with Gasteiger partial charge in [0.05, 0.1) is 17.6 Å². The Morgan fingerprint density at radius 3 is 2.79 bits per heavy atom. The van der Waals surface area contributed by atoms with E-state index in [9.17, 15) is 0 Å². The number of nitrogens with zero attached hydrogens (tertiary/aromatic N) is 3. The Kier molecular flexibility index (Phi) is 4.52. The molecule has 1 unspecified atom stereocenters. The number of rotatable bonds is 6. The van der Waals surface area contributed by atoms with E-state index in [4.69, 9.17) is 10.5 Å². The van der Waals surface area contributed by atoms with Crippen molar-refractivity contribution in [3.63, 3.8) is 0 Å². The topological polar surface area (TPSA) is 66.0 Å². The summed E-state index contributed by atoms with van der Waals surface area (Å²) in [5, 5.41) is 4.48. The summed E-state index contributed by atoms with van der Waals surface area (Å²) in [4.78, 5) is 4.18. The molecule has 2 heterocycles. The minimum atomic E-state index is 0.416. The lowest BCUT2D eigenvalue weighted by Gasteiger charge is -2.08. The fourth-order valence-corrected chi connectivity index (χ4v) is 1.66. The van der Waals surface area contributed by atoms with Crippen molar-refractivity contribution in [1.29, 1.82) is 0 Å². The maximum atomic E-state index is 5.64. The van der Waals surface area contributed by atoms with E-state index >= 15 is 0 Å². The van der Waals surface area contributed by atoms with Gasteiger partial charge >= 0.3 is 0 Å². The highest BCUT2D eigenvalue weighted by Gasteiger charge is 2.05. The zero-order valence-corrected chi connectivity index (χ0v) is 11.4. The number of ether oxygens (including phenoxy) is 1. The van der Waals surface area contributed by atoms with E-state index in [0.717, 1.165) is 23.6 Å². The van der Waals surface area contributed by atoms with E-state index in [1.165, 1.54) is 0 Å². The van der Waals surface area contributed by atoms with Crippen LogP contribution in [0.3, 0.4) is 0 Å². The largest absolute Gasteiger partial charge is 0.486 e. The minimum absolute atomic E-state index is 0.416. The van der Waals surface area contributed by atoms with Gasteiger partial charge in [0.25, 0.3) is 0 Å². The summed E-state index contributed by atoms with van der Waals surface area (Å²) in [6, 6.07) is 6.14. The predicted octanol–water partition coefficient (Wildman–Crippen LogP) is 2.29. The molecule has 0 aliphatic carbocycles. The summed E-state index contributed by atoms with van der Waals surface area (Å²) in [7, 11) is 0. The van der Waals surface area contributed by atoms with Gasteiger partial charge in [-0.25, -0.2) is 0 Å². The van der Waals surface area contributed by atoms with Crippen LogP contribution in [-0.4, -0.2) is 14.8 Å². The molecule has 2 aromatic heterocycles. The fourth-order valence-electron chi connectivity index (χ4n) is 1.66. The Morgan fingerprint density at radius 1 is 1.32 bits per heavy atom. The molecule has 0 aliphatic rings. The summed E-state index contributed by atoms with van der Waals surface area (Å²) < 4.78 is 7.61. The van der Waals surface area contributed by atoms with Crippen LogP contribution in [0.15, 0.2) is 30.6 Å². The quantitative estimate of drug-likeness (QED) is 0.865. The van der Waals surface area contributed by atoms with Crippen LogP contribution >= 0.6 is 0 Å². The number of aromatic nitrogens is 3. The molecular formula is C14H20N4O. The van der Waals surface area contributed by atoms with E-state index in [2.05, 4.69) is 23.9 Å². The lowest BCUT2D eigenvalue weighted by molar-refractivity contribution is 0.297. The third-order valence-corrected chi connectivity index (χ3v) is 3.10. The van der Waals surface area contributed by atoms with Crippen molar-refractivity contribution in [3.05, 3.63) is 42.0 Å². The summed E-state index contributed by atoms with van der Waals surface area (Å²) in [6.45, 7) is 5.19. The van der Waals surface area contributed by atoms with Gasteiger partial charge in [-0.15, -0.1) is 0 Å². The molecule has 2 rings (SSSR count). The Hall–Kier alpha value is -1.88. The first-order valence-corrected chi connectivity index (χ1v) is 6.54. The highest BCUT2D eigenvalue weighted by molar-refractivity contribution is 5.20. The maximum Gasteiger partial charge on any atom is 0.138 e. The average molecular weight is 260 g/mol. The van der Waals surface area contributed by atoms with E-state index in [-0.39, 0.29) is 0 Å². The van der Waals surface area contributed by atoms with E-state index in [1.54, 1.807) is 6.20 Å². The molecule has 0 saturated heterocycles. The van der Waals surface area contributed by atoms with Crippen molar-refractivity contribution in [2.75, 3.05) is 0 Å². The van der Waals surface area contributed by atoms with Gasteiger partial charge in [0, 0.05) is 18.8 Å². The fraction of sp³-hybridized carbons (Fsp3) is 0.429. The highest BCUT2D eigenvalue weighted by Crippen LogP contribution is 2.13. The van der Waals surface area contributed by atoms with Gasteiger partial charge in [-0.3, -0.25) is 9.67 Å². The lowest BCUT2D eigenvalue weighted by Crippen LogP contribution is -2.06. The van der Waals surface area contributed by atoms with Crippen LogP contribution in [0.5, 0.6) is 5.75 Å². The monoisotopic (exact) mass is 260 g/mol. The van der Waals surface area contributed by atoms with Crippen LogP contribution in [0.2, 0.25) is 0 Å². The molecule has 0 aliphatic heterocycles. The molecular weight excluding hydrogens is 240 g/mol. The SMILES string of the molecule is CCC(C)n1ccc(COc2ccc(CN)nc2)n1. The van der Waals surface area contributed by atoms with Crippen LogP contribution in [0.4, 0.5) is 0 Å². The smallest absolute Gasteiger partial charge is 0.138 e. The van der Waals surface area contributed by atoms with Gasteiger partial charge < -0.3 is 10.5 Å². The second kappa shape index (κ2) is 6.33. The second-order valence-corrected chi connectivity index (χ2v) is 4.52. The normalized spacial score (nSPS) is 12.4. The minimum Gasteiger partial charge on any atom is -0.486 e. The van der Waals surface area contributed by atoms with Crippen molar-refractivity contribution in [3.8, 4) is 5.75 Å². The van der Waals surface area contributed by atoms with Crippen molar-refractivity contribution in [1.82, 2.24) is 14.8 Å². The van der Waals surface area contributed by atoms with Crippen molar-refractivity contribution in [2.45, 2.75) is 39.5 Å². The summed E-state index contributed by atoms with van der Waals surface area (Å²) in [5.41, 5.74) is 7.27. The summed E-state index contributed by atoms with van der Waals surface area (Å²) in [5.74, 6) is 0.732. The van der Waals surface area contributed by atoms with Crippen LogP contribution in [0.1, 0.15) is 37.7 Å². The molecule has 0 saturated carbocycles. The van der Waals surface area contributed by atoms with Crippen LogP contribution in [-0.2, 0) is 13.2 Å². The third-order valence-electron chi connectivity index (χ3n) is 3.10. The van der Waals surface area contributed by atoms with Gasteiger partial charge in [-0.2, -0.15) is 5.10 Å². The zero-order valence-electron chi connectivity index (χ0n) is 11.4. The third kappa shape index (κ3) is 3.54. The number of hydrogen-bond acceptors (Lipinski definition) is 4. The molecule has 0 spiro atoms. The van der Waals surface area contributed by atoms with E-state index < -0.39 is 0 Å². The van der Waals surface area contributed by atoms with Crippen LogP contribution in [0.25, 0.3) is 0 Å². The number of nitrogens with two attached hydrogens (primary N) is 1. The molecule has 0 radical (unpaired) electrons. The maximum absolute atomic E-state index is 5.64. The number of hydrogen-bond donors (Lipinski definition) is 1. The van der Waals surface area contributed by atoms with Gasteiger partial charge in [-0.1, -0.05) is 6.92 Å². The van der Waals surface area contributed by atoms with Crippen molar-refractivity contribution < 1.29 is 4.74 Å². The number of pyridine rings is 1. The molecule has 2 aromatic rings. The molecule has 102 valence electrons.